The first-order valence-electron chi connectivity index (χ1n) is 8.00. The second-order valence-electron chi connectivity index (χ2n) is 6.90. The lowest BCUT2D eigenvalue weighted by Gasteiger charge is -2.24. The van der Waals surface area contributed by atoms with E-state index in [0.29, 0.717) is 23.5 Å². The monoisotopic (exact) mass is 344 g/mol. The predicted octanol–water partition coefficient (Wildman–Crippen LogP) is 3.34. The smallest absolute Gasteiger partial charge is 0.410 e. The minimum absolute atomic E-state index is 0.233. The van der Waals surface area contributed by atoms with Crippen LogP contribution in [0.2, 0.25) is 0 Å². The van der Waals surface area contributed by atoms with Crippen molar-refractivity contribution in [1.29, 1.82) is 0 Å². The van der Waals surface area contributed by atoms with Crippen LogP contribution in [0.4, 0.5) is 10.5 Å². The molecule has 2 aromatic rings. The fourth-order valence-electron chi connectivity index (χ4n) is 2.20. The third-order valence-corrected chi connectivity index (χ3v) is 3.38. The van der Waals surface area contributed by atoms with Crippen molar-refractivity contribution in [2.24, 2.45) is 0 Å². The number of aromatic nitrogens is 2. The number of H-pyrrole nitrogens is 1. The Kier molecular flexibility index (Phi) is 5.46. The maximum atomic E-state index is 12.2. The molecule has 2 rings (SSSR count). The van der Waals surface area contributed by atoms with E-state index in [1.807, 2.05) is 39.0 Å². The quantitative estimate of drug-likeness (QED) is 0.890. The second kappa shape index (κ2) is 7.38. The molecule has 7 heteroatoms. The predicted molar refractivity (Wildman–Crippen MR) is 95.4 cm³/mol. The minimum Gasteiger partial charge on any atom is -0.444 e. The van der Waals surface area contributed by atoms with Gasteiger partial charge in [0.15, 0.2) is 0 Å². The first-order chi connectivity index (χ1) is 11.7. The number of hydrogen-bond donors (Lipinski definition) is 2. The highest BCUT2D eigenvalue weighted by Crippen LogP contribution is 2.16. The molecule has 0 fully saturated rings. The van der Waals surface area contributed by atoms with Crippen molar-refractivity contribution in [3.05, 3.63) is 47.3 Å². The summed E-state index contributed by atoms with van der Waals surface area (Å²) in [5, 5.41) is 9.41. The van der Waals surface area contributed by atoms with Gasteiger partial charge >= 0.3 is 6.09 Å². The Bertz CT molecular complexity index is 762. The molecule has 0 unspecified atom stereocenters. The summed E-state index contributed by atoms with van der Waals surface area (Å²) in [6.07, 6.45) is 1.10. The average Bonchev–Trinajstić information content (AvgIpc) is 2.92. The van der Waals surface area contributed by atoms with Crippen LogP contribution in [0.5, 0.6) is 0 Å². The van der Waals surface area contributed by atoms with Crippen molar-refractivity contribution >= 4 is 17.7 Å². The highest BCUT2D eigenvalue weighted by molar-refractivity contribution is 6.04. The molecule has 1 heterocycles. The summed E-state index contributed by atoms with van der Waals surface area (Å²) in [5.41, 5.74) is 2.20. The normalized spacial score (nSPS) is 11.1. The zero-order valence-corrected chi connectivity index (χ0v) is 15.2. The Morgan fingerprint density at radius 1 is 1.32 bits per heavy atom. The molecule has 0 saturated heterocycles. The maximum absolute atomic E-state index is 12.2. The fraction of sp³-hybridized carbons (Fsp3) is 0.389. The number of anilines is 1. The number of aromatic amines is 1. The molecule has 0 saturated carbocycles. The zero-order chi connectivity index (χ0) is 18.6. The van der Waals surface area contributed by atoms with Crippen molar-refractivity contribution in [2.45, 2.75) is 39.8 Å². The van der Waals surface area contributed by atoms with E-state index in [1.54, 1.807) is 20.0 Å². The summed E-state index contributed by atoms with van der Waals surface area (Å²) in [5.74, 6) is -0.233. The summed E-state index contributed by atoms with van der Waals surface area (Å²) in [7, 11) is 1.67. The van der Waals surface area contributed by atoms with E-state index in [9.17, 15) is 9.59 Å². The van der Waals surface area contributed by atoms with Gasteiger partial charge in [0.2, 0.25) is 0 Å². The summed E-state index contributed by atoms with van der Waals surface area (Å²) in [4.78, 5) is 25.8. The van der Waals surface area contributed by atoms with Crippen LogP contribution >= 0.6 is 0 Å². The number of rotatable bonds is 4. The molecular formula is C18H24N4O3. The van der Waals surface area contributed by atoms with Crippen LogP contribution in [0.3, 0.4) is 0 Å². The van der Waals surface area contributed by atoms with Crippen molar-refractivity contribution in [2.75, 3.05) is 12.4 Å². The highest BCUT2D eigenvalue weighted by atomic mass is 16.6. The highest BCUT2D eigenvalue weighted by Gasteiger charge is 2.19. The van der Waals surface area contributed by atoms with Crippen LogP contribution < -0.4 is 5.32 Å². The number of nitrogens with one attached hydrogen (secondary N) is 2. The van der Waals surface area contributed by atoms with E-state index in [4.69, 9.17) is 4.74 Å². The molecule has 0 spiro atoms. The van der Waals surface area contributed by atoms with Gasteiger partial charge in [-0.2, -0.15) is 5.10 Å². The van der Waals surface area contributed by atoms with E-state index >= 15 is 0 Å². The standard InChI is InChI=1S/C18H24N4O3/c1-12-15(10-19-21-12)16(23)20-14-8-6-7-13(9-14)11-22(5)17(24)25-18(2,3)4/h6-10H,11H2,1-5H3,(H,19,21)(H,20,23). The van der Waals surface area contributed by atoms with Gasteiger partial charge in [-0.1, -0.05) is 12.1 Å². The minimum atomic E-state index is -0.538. The number of hydrogen-bond acceptors (Lipinski definition) is 4. The van der Waals surface area contributed by atoms with Crippen LogP contribution in [0.15, 0.2) is 30.5 Å². The van der Waals surface area contributed by atoms with Gasteiger partial charge < -0.3 is 15.0 Å². The number of carbonyl (C=O) groups is 2. The summed E-state index contributed by atoms with van der Waals surface area (Å²) < 4.78 is 5.34. The van der Waals surface area contributed by atoms with E-state index in [1.165, 1.54) is 11.1 Å². The van der Waals surface area contributed by atoms with Gasteiger partial charge in [-0.3, -0.25) is 9.89 Å². The Balaban J connectivity index is 2.02. The number of nitrogens with zero attached hydrogens (tertiary/aromatic N) is 2. The van der Waals surface area contributed by atoms with E-state index in [0.717, 1.165) is 5.56 Å². The van der Waals surface area contributed by atoms with Crippen molar-refractivity contribution < 1.29 is 14.3 Å². The topological polar surface area (TPSA) is 87.3 Å². The van der Waals surface area contributed by atoms with Crippen LogP contribution in [-0.2, 0) is 11.3 Å². The number of aryl methyl sites for hydroxylation is 1. The van der Waals surface area contributed by atoms with Crippen LogP contribution in [0.1, 0.15) is 42.4 Å². The van der Waals surface area contributed by atoms with Gasteiger partial charge in [0, 0.05) is 25.0 Å². The Morgan fingerprint density at radius 3 is 2.64 bits per heavy atom. The molecule has 0 aliphatic carbocycles. The molecular weight excluding hydrogens is 320 g/mol. The van der Waals surface area contributed by atoms with Gasteiger partial charge in [0.05, 0.1) is 11.8 Å². The van der Waals surface area contributed by atoms with Gasteiger partial charge in [-0.25, -0.2) is 4.79 Å². The van der Waals surface area contributed by atoms with Crippen molar-refractivity contribution in [3.63, 3.8) is 0 Å². The molecule has 7 nitrogen and oxygen atoms in total. The van der Waals surface area contributed by atoms with Gasteiger partial charge in [-0.05, 0) is 45.4 Å². The number of carbonyl (C=O) groups excluding carboxylic acids is 2. The number of amides is 2. The van der Waals surface area contributed by atoms with Crippen LogP contribution in [0, 0.1) is 6.92 Å². The average molecular weight is 344 g/mol. The van der Waals surface area contributed by atoms with Gasteiger partial charge in [0.25, 0.3) is 5.91 Å². The van der Waals surface area contributed by atoms with Gasteiger partial charge in [0.1, 0.15) is 5.60 Å². The Morgan fingerprint density at radius 2 is 2.04 bits per heavy atom. The lowest BCUT2D eigenvalue weighted by molar-refractivity contribution is 0.0285. The molecule has 134 valence electrons. The largest absolute Gasteiger partial charge is 0.444 e. The Labute approximate surface area is 147 Å². The second-order valence-corrected chi connectivity index (χ2v) is 6.90. The van der Waals surface area contributed by atoms with E-state index in [2.05, 4.69) is 15.5 Å². The number of ether oxygens (including phenoxy) is 1. The summed E-state index contributed by atoms with van der Waals surface area (Å²) >= 11 is 0. The molecule has 0 bridgehead atoms. The molecule has 0 aliphatic rings. The molecule has 25 heavy (non-hydrogen) atoms. The number of benzene rings is 1. The summed E-state index contributed by atoms with van der Waals surface area (Å²) in [6.45, 7) is 7.64. The molecule has 1 aromatic carbocycles. The third kappa shape index (κ3) is 5.34. The molecule has 0 aliphatic heterocycles. The van der Waals surface area contributed by atoms with Crippen molar-refractivity contribution in [3.8, 4) is 0 Å². The van der Waals surface area contributed by atoms with Crippen LogP contribution in [-0.4, -0.2) is 39.7 Å². The molecule has 0 atom stereocenters. The first kappa shape index (κ1) is 18.5. The molecule has 2 N–H and O–H groups in total. The Hall–Kier alpha value is -2.83. The molecule has 1 aromatic heterocycles. The SMILES string of the molecule is Cc1[nH]ncc1C(=O)Nc1cccc(CN(C)C(=O)OC(C)(C)C)c1. The van der Waals surface area contributed by atoms with E-state index in [-0.39, 0.29) is 5.91 Å². The van der Waals surface area contributed by atoms with Gasteiger partial charge in [-0.15, -0.1) is 0 Å². The van der Waals surface area contributed by atoms with Crippen LogP contribution in [0.25, 0.3) is 0 Å². The lowest BCUT2D eigenvalue weighted by Crippen LogP contribution is -2.33. The molecule has 2 amide bonds. The first-order valence-corrected chi connectivity index (χ1v) is 8.00. The lowest BCUT2D eigenvalue weighted by atomic mass is 10.1. The summed E-state index contributed by atoms with van der Waals surface area (Å²) in [6, 6.07) is 7.34. The zero-order valence-electron chi connectivity index (χ0n) is 15.2. The van der Waals surface area contributed by atoms with Crippen molar-refractivity contribution in [1.82, 2.24) is 15.1 Å². The molecule has 0 radical (unpaired) electrons. The van der Waals surface area contributed by atoms with E-state index < -0.39 is 11.7 Å². The maximum Gasteiger partial charge on any atom is 0.410 e. The third-order valence-electron chi connectivity index (χ3n) is 3.38. The fourth-order valence-corrected chi connectivity index (χ4v) is 2.20.